The summed E-state index contributed by atoms with van der Waals surface area (Å²) in [6.07, 6.45) is -3.66. The monoisotopic (exact) mass is 418 g/mol. The van der Waals surface area contributed by atoms with Crippen LogP contribution in [0.5, 0.6) is 0 Å². The van der Waals surface area contributed by atoms with E-state index >= 15 is 0 Å². The number of nitrogen functional groups attached to an aromatic ring is 1. The van der Waals surface area contributed by atoms with Crippen molar-refractivity contribution in [1.82, 2.24) is 15.3 Å². The van der Waals surface area contributed by atoms with Gasteiger partial charge in [0.05, 0.1) is 23.5 Å². The molecule has 11 heteroatoms. The third-order valence-electron chi connectivity index (χ3n) is 4.30. The highest BCUT2D eigenvalue weighted by Crippen LogP contribution is 2.37. The highest BCUT2D eigenvalue weighted by atomic mass is 19.4. The van der Waals surface area contributed by atoms with Gasteiger partial charge in [-0.3, -0.25) is 9.78 Å². The maximum atomic E-state index is 13.4. The number of aromatic nitrogens is 2. The van der Waals surface area contributed by atoms with Crippen LogP contribution in [0.4, 0.5) is 27.6 Å². The molecule has 0 aliphatic rings. The van der Waals surface area contributed by atoms with Gasteiger partial charge in [0.15, 0.2) is 5.69 Å². The number of nitrogens with zero attached hydrogens (tertiary/aromatic N) is 2. The number of amides is 1. The van der Waals surface area contributed by atoms with Gasteiger partial charge in [0.1, 0.15) is 5.60 Å². The van der Waals surface area contributed by atoms with Crippen molar-refractivity contribution in [3.8, 4) is 11.3 Å². The van der Waals surface area contributed by atoms with Crippen LogP contribution in [-0.2, 0) is 6.18 Å². The third kappa shape index (κ3) is 4.97. The van der Waals surface area contributed by atoms with Gasteiger partial charge in [-0.15, -0.1) is 0 Å². The predicted molar refractivity (Wildman–Crippen MR) is 95.2 cm³/mol. The SMILES string of the molecule is Cc1ccc(-c2nc(C(=O)NCC(C)(O)C(C)(F)F)c(N)cc2C(F)(F)F)cn1. The van der Waals surface area contributed by atoms with Gasteiger partial charge in [0, 0.05) is 24.4 Å². The molecule has 6 nitrogen and oxygen atoms in total. The number of aryl methyl sites for hydroxylation is 1. The van der Waals surface area contributed by atoms with Gasteiger partial charge >= 0.3 is 6.18 Å². The van der Waals surface area contributed by atoms with Crippen molar-refractivity contribution in [3.05, 3.63) is 41.3 Å². The van der Waals surface area contributed by atoms with Crippen molar-refractivity contribution in [2.45, 2.75) is 38.5 Å². The van der Waals surface area contributed by atoms with E-state index in [-0.39, 0.29) is 5.56 Å². The Labute approximate surface area is 163 Å². The number of halogens is 5. The molecule has 2 aromatic heterocycles. The molecule has 2 rings (SSSR count). The van der Waals surface area contributed by atoms with Crippen LogP contribution in [0, 0.1) is 6.92 Å². The number of alkyl halides is 5. The van der Waals surface area contributed by atoms with Gasteiger partial charge in [0.2, 0.25) is 0 Å². The molecule has 0 aromatic carbocycles. The number of carbonyl (C=O) groups excluding carboxylic acids is 1. The zero-order valence-electron chi connectivity index (χ0n) is 15.7. The van der Waals surface area contributed by atoms with Crippen molar-refractivity contribution in [2.24, 2.45) is 0 Å². The largest absolute Gasteiger partial charge is 0.418 e. The van der Waals surface area contributed by atoms with Crippen molar-refractivity contribution < 1.29 is 31.9 Å². The van der Waals surface area contributed by atoms with Crippen LogP contribution in [0.2, 0.25) is 0 Å². The van der Waals surface area contributed by atoms with Crippen LogP contribution in [0.15, 0.2) is 24.4 Å². The Morgan fingerprint density at radius 1 is 1.21 bits per heavy atom. The summed E-state index contributed by atoms with van der Waals surface area (Å²) in [5.74, 6) is -4.65. The summed E-state index contributed by atoms with van der Waals surface area (Å²) < 4.78 is 67.0. The molecule has 158 valence electrons. The van der Waals surface area contributed by atoms with E-state index in [0.29, 0.717) is 18.7 Å². The Morgan fingerprint density at radius 2 is 1.83 bits per heavy atom. The second-order valence-corrected chi connectivity index (χ2v) is 6.85. The Balaban J connectivity index is 2.47. The van der Waals surface area contributed by atoms with Crippen LogP contribution in [0.1, 0.15) is 35.6 Å². The molecule has 4 N–H and O–H groups in total. The van der Waals surface area contributed by atoms with E-state index in [0.717, 1.165) is 13.1 Å². The van der Waals surface area contributed by atoms with Gasteiger partial charge in [0.25, 0.3) is 11.8 Å². The average Bonchev–Trinajstić information content (AvgIpc) is 2.58. The second kappa shape index (κ2) is 7.54. The summed E-state index contributed by atoms with van der Waals surface area (Å²) in [5.41, 5.74) is 0.567. The molecule has 2 heterocycles. The summed E-state index contributed by atoms with van der Waals surface area (Å²) in [7, 11) is 0. The Bertz CT molecular complexity index is 906. The second-order valence-electron chi connectivity index (χ2n) is 6.85. The van der Waals surface area contributed by atoms with Crippen LogP contribution in [0.3, 0.4) is 0 Å². The smallest absolute Gasteiger partial charge is 0.397 e. The molecule has 0 bridgehead atoms. The fourth-order valence-electron chi connectivity index (χ4n) is 2.25. The first-order valence-electron chi connectivity index (χ1n) is 8.32. The van der Waals surface area contributed by atoms with Crippen LogP contribution in [0.25, 0.3) is 11.3 Å². The Morgan fingerprint density at radius 3 is 2.31 bits per heavy atom. The van der Waals surface area contributed by atoms with E-state index in [1.807, 2.05) is 5.32 Å². The first-order chi connectivity index (χ1) is 13.1. The molecule has 0 spiro atoms. The molecule has 0 saturated carbocycles. The number of aliphatic hydroxyl groups is 1. The van der Waals surface area contributed by atoms with E-state index in [1.165, 1.54) is 12.1 Å². The number of anilines is 1. The molecule has 0 radical (unpaired) electrons. The van der Waals surface area contributed by atoms with E-state index in [1.54, 1.807) is 6.92 Å². The molecular weight excluding hydrogens is 399 g/mol. The molecule has 29 heavy (non-hydrogen) atoms. The molecule has 1 atom stereocenters. The maximum Gasteiger partial charge on any atom is 0.418 e. The minimum Gasteiger partial charge on any atom is -0.397 e. The fourth-order valence-corrected chi connectivity index (χ4v) is 2.25. The number of carbonyl (C=O) groups is 1. The van der Waals surface area contributed by atoms with Gasteiger partial charge in [-0.1, -0.05) is 0 Å². The zero-order chi connectivity index (χ0) is 22.2. The summed E-state index contributed by atoms with van der Waals surface area (Å²) in [6, 6.07) is 3.36. The lowest BCUT2D eigenvalue weighted by Gasteiger charge is -2.29. The first kappa shape index (κ1) is 22.5. The summed E-state index contributed by atoms with van der Waals surface area (Å²) in [5, 5.41) is 11.8. The normalized spacial score (nSPS) is 14.4. The number of hydrogen-bond donors (Lipinski definition) is 3. The molecule has 1 unspecified atom stereocenters. The number of pyridine rings is 2. The van der Waals surface area contributed by atoms with Crippen LogP contribution >= 0.6 is 0 Å². The Kier molecular flexibility index (Phi) is 5.84. The van der Waals surface area contributed by atoms with Crippen molar-refractivity contribution in [3.63, 3.8) is 0 Å². The van der Waals surface area contributed by atoms with Crippen molar-refractivity contribution in [2.75, 3.05) is 12.3 Å². The first-order valence-corrected chi connectivity index (χ1v) is 8.32. The third-order valence-corrected chi connectivity index (χ3v) is 4.30. The summed E-state index contributed by atoms with van der Waals surface area (Å²) in [6.45, 7) is 2.03. The lowest BCUT2D eigenvalue weighted by atomic mass is 9.99. The standard InChI is InChI=1S/C18H19F5N4O2/c1-9-4-5-10(7-25-9)13-11(18(21,22)23)6-12(24)14(27-13)15(28)26-8-16(2,29)17(3,19)20/h4-7,29H,8,24H2,1-3H3,(H,26,28). The van der Waals surface area contributed by atoms with Crippen molar-refractivity contribution in [1.29, 1.82) is 0 Å². The molecule has 1 amide bonds. The molecule has 0 aliphatic carbocycles. The predicted octanol–water partition coefficient (Wildman–Crippen LogP) is 3.19. The lowest BCUT2D eigenvalue weighted by molar-refractivity contribution is -0.155. The molecule has 0 aliphatic heterocycles. The van der Waals surface area contributed by atoms with Crippen LogP contribution in [-0.4, -0.2) is 39.1 Å². The van der Waals surface area contributed by atoms with E-state index in [4.69, 9.17) is 5.73 Å². The van der Waals surface area contributed by atoms with Gasteiger partial charge in [-0.2, -0.15) is 13.2 Å². The van der Waals surface area contributed by atoms with E-state index in [9.17, 15) is 31.9 Å². The maximum absolute atomic E-state index is 13.4. The number of hydrogen-bond acceptors (Lipinski definition) is 5. The molecular formula is C18H19F5N4O2. The van der Waals surface area contributed by atoms with Crippen molar-refractivity contribution >= 4 is 11.6 Å². The fraction of sp³-hybridized carbons (Fsp3) is 0.389. The highest BCUT2D eigenvalue weighted by Gasteiger charge is 2.45. The molecule has 2 aromatic rings. The molecule has 0 saturated heterocycles. The molecule has 0 fully saturated rings. The minimum absolute atomic E-state index is 0.0101. The topological polar surface area (TPSA) is 101 Å². The van der Waals surface area contributed by atoms with Gasteiger partial charge in [-0.25, -0.2) is 13.8 Å². The Hall–Kier alpha value is -2.82. The number of rotatable bonds is 5. The quantitative estimate of drug-likeness (QED) is 0.648. The summed E-state index contributed by atoms with van der Waals surface area (Å²) in [4.78, 5) is 20.0. The van der Waals surface area contributed by atoms with Gasteiger partial charge in [-0.05, 0) is 32.0 Å². The van der Waals surface area contributed by atoms with E-state index in [2.05, 4.69) is 9.97 Å². The average molecular weight is 418 g/mol. The summed E-state index contributed by atoms with van der Waals surface area (Å²) >= 11 is 0. The van der Waals surface area contributed by atoms with Gasteiger partial charge < -0.3 is 16.2 Å². The zero-order valence-corrected chi connectivity index (χ0v) is 15.7. The lowest BCUT2D eigenvalue weighted by Crippen LogP contribution is -2.52. The number of nitrogens with one attached hydrogen (secondary N) is 1. The minimum atomic E-state index is -4.82. The van der Waals surface area contributed by atoms with E-state index < -0.39 is 52.8 Å². The highest BCUT2D eigenvalue weighted by molar-refractivity contribution is 5.98. The van der Waals surface area contributed by atoms with Crippen LogP contribution < -0.4 is 11.1 Å². The number of nitrogens with two attached hydrogens (primary N) is 1.